The first-order valence-electron chi connectivity index (χ1n) is 12.5. The number of methoxy groups -OCH3 is 1. The van der Waals surface area contributed by atoms with Gasteiger partial charge in [-0.3, -0.25) is 19.1 Å². The van der Waals surface area contributed by atoms with E-state index >= 15 is 0 Å². The molecule has 0 radical (unpaired) electrons. The summed E-state index contributed by atoms with van der Waals surface area (Å²) in [6.07, 6.45) is 4.51. The summed E-state index contributed by atoms with van der Waals surface area (Å²) in [6, 6.07) is 19.3. The van der Waals surface area contributed by atoms with Crippen LogP contribution in [0.2, 0.25) is 5.02 Å². The van der Waals surface area contributed by atoms with Gasteiger partial charge in [-0.2, -0.15) is 0 Å². The van der Waals surface area contributed by atoms with Gasteiger partial charge in [0.1, 0.15) is 28.9 Å². The van der Waals surface area contributed by atoms with Crippen LogP contribution < -0.4 is 21.0 Å². The summed E-state index contributed by atoms with van der Waals surface area (Å²) in [5.41, 5.74) is 2.34. The van der Waals surface area contributed by atoms with Crippen molar-refractivity contribution < 1.29 is 4.74 Å². The third-order valence-corrected chi connectivity index (χ3v) is 7.16. The number of anilines is 1. The number of H-pyrrole nitrogens is 1. The van der Waals surface area contributed by atoms with Gasteiger partial charge in [-0.25, -0.2) is 9.97 Å². The fourth-order valence-corrected chi connectivity index (χ4v) is 5.31. The number of nitrogens with one attached hydrogen (secondary N) is 2. The van der Waals surface area contributed by atoms with Crippen molar-refractivity contribution in [3.05, 3.63) is 117 Å². The molecule has 2 N–H and O–H groups in total. The van der Waals surface area contributed by atoms with Gasteiger partial charge in [-0.1, -0.05) is 48.0 Å². The zero-order chi connectivity index (χ0) is 27.8. The first kappa shape index (κ1) is 25.3. The van der Waals surface area contributed by atoms with Gasteiger partial charge in [0, 0.05) is 28.9 Å². The van der Waals surface area contributed by atoms with Gasteiger partial charge in [0.2, 0.25) is 0 Å². The molecule has 1 atom stereocenters. The fraction of sp³-hybridized carbons (Fsp3) is 0.100. The summed E-state index contributed by atoms with van der Waals surface area (Å²) in [5.74, 6) is 0.945. The molecular weight excluding hydrogens is 528 g/mol. The second-order valence-corrected chi connectivity index (χ2v) is 9.52. The Labute approximate surface area is 233 Å². The average molecular weight is 551 g/mol. The van der Waals surface area contributed by atoms with Crippen LogP contribution in [-0.2, 0) is 0 Å². The molecule has 0 fully saturated rings. The number of hydrogen-bond donors (Lipinski definition) is 2. The molecule has 0 amide bonds. The van der Waals surface area contributed by atoms with Crippen LogP contribution in [-0.4, -0.2) is 31.6 Å². The molecule has 0 spiro atoms. The van der Waals surface area contributed by atoms with Crippen LogP contribution in [0, 0.1) is 0 Å². The monoisotopic (exact) mass is 550 g/mol. The number of nitrogens with zero attached hydrogens (tertiary/aromatic N) is 4. The number of ether oxygens (including phenoxy) is 1. The summed E-state index contributed by atoms with van der Waals surface area (Å²) >= 11 is 7.15. The van der Waals surface area contributed by atoms with Gasteiger partial charge in [0.15, 0.2) is 5.43 Å². The molecule has 10 heteroatoms. The Bertz CT molecular complexity index is 1980. The van der Waals surface area contributed by atoms with Gasteiger partial charge < -0.3 is 15.0 Å². The number of para-hydroxylation sites is 1. The van der Waals surface area contributed by atoms with E-state index in [-0.39, 0.29) is 11.0 Å². The molecule has 198 valence electrons. The zero-order valence-corrected chi connectivity index (χ0v) is 22.3. The number of aromatic nitrogens is 5. The number of benzene rings is 2. The molecule has 0 bridgehead atoms. The normalized spacial score (nSPS) is 12.0. The van der Waals surface area contributed by atoms with Gasteiger partial charge >= 0.3 is 0 Å². The van der Waals surface area contributed by atoms with Crippen LogP contribution in [0.4, 0.5) is 5.82 Å². The molecule has 4 heterocycles. The number of pyridine rings is 3. The second-order valence-electron chi connectivity index (χ2n) is 9.14. The molecular formula is C30H23ClN6O3. The second kappa shape index (κ2) is 10.3. The van der Waals surface area contributed by atoms with Crippen LogP contribution in [0.1, 0.15) is 18.7 Å². The lowest BCUT2D eigenvalue weighted by Crippen LogP contribution is -2.27. The number of fused-ring (bicyclic) bond motifs is 2. The lowest BCUT2D eigenvalue weighted by atomic mass is 10.0. The van der Waals surface area contributed by atoms with E-state index in [4.69, 9.17) is 16.3 Å². The lowest BCUT2D eigenvalue weighted by Gasteiger charge is -2.24. The van der Waals surface area contributed by atoms with E-state index < -0.39 is 6.04 Å². The Kier molecular flexibility index (Phi) is 6.49. The standard InChI is InChI=1S/C30H23ClN6O3/c1-17(36-29-25-23(38)13-14-32-28(25)34-16-35-29)27-26(31)21-10-6-9-20(22-12-11-19(40-2)15-33-22)24(21)30(39)37(27)18-7-4-3-5-8-18/h3-17H,1-2H3,(H2,32,34,35,36,38)/t17-/m0/s1. The molecule has 6 rings (SSSR count). The quantitative estimate of drug-likeness (QED) is 0.280. The number of rotatable bonds is 6. The minimum absolute atomic E-state index is 0.231. The van der Waals surface area contributed by atoms with Crippen molar-refractivity contribution >= 4 is 39.2 Å². The topological polar surface area (TPSA) is 115 Å². The molecule has 0 aliphatic rings. The lowest BCUT2D eigenvalue weighted by molar-refractivity contribution is 0.413. The van der Waals surface area contributed by atoms with Crippen molar-refractivity contribution in [2.45, 2.75) is 13.0 Å². The van der Waals surface area contributed by atoms with E-state index in [9.17, 15) is 9.59 Å². The van der Waals surface area contributed by atoms with Gasteiger partial charge in [0.05, 0.1) is 41.1 Å². The molecule has 0 saturated heterocycles. The molecule has 4 aromatic heterocycles. The van der Waals surface area contributed by atoms with Crippen molar-refractivity contribution in [3.8, 4) is 22.7 Å². The third-order valence-electron chi connectivity index (χ3n) is 6.76. The van der Waals surface area contributed by atoms with Crippen molar-refractivity contribution in [2.24, 2.45) is 0 Å². The van der Waals surface area contributed by atoms with Crippen molar-refractivity contribution in [1.29, 1.82) is 0 Å². The number of hydrogen-bond acceptors (Lipinski definition) is 7. The Balaban J connectivity index is 1.60. The summed E-state index contributed by atoms with van der Waals surface area (Å²) in [6.45, 7) is 1.87. The molecule has 9 nitrogen and oxygen atoms in total. The predicted molar refractivity (Wildman–Crippen MR) is 157 cm³/mol. The Morgan fingerprint density at radius 3 is 2.52 bits per heavy atom. The Hall–Kier alpha value is -5.02. The Morgan fingerprint density at radius 1 is 0.950 bits per heavy atom. The van der Waals surface area contributed by atoms with E-state index in [0.717, 1.165) is 0 Å². The zero-order valence-electron chi connectivity index (χ0n) is 21.6. The number of halogens is 1. The summed E-state index contributed by atoms with van der Waals surface area (Å²) in [7, 11) is 1.57. The Morgan fingerprint density at radius 2 is 1.77 bits per heavy atom. The SMILES string of the molecule is COc1ccc(-c2cccc3c(Cl)c([C@H](C)Nc4ncnc5[nH]ccc(=O)c45)n(-c4ccccc4)c(=O)c23)nc1. The van der Waals surface area contributed by atoms with Crippen LogP contribution in [0.3, 0.4) is 0 Å². The van der Waals surface area contributed by atoms with E-state index in [1.807, 2.05) is 61.5 Å². The molecule has 6 aromatic rings. The molecule has 0 saturated carbocycles. The van der Waals surface area contributed by atoms with E-state index in [0.29, 0.717) is 61.0 Å². The summed E-state index contributed by atoms with van der Waals surface area (Å²) in [5, 5.41) is 5.03. The van der Waals surface area contributed by atoms with E-state index in [1.165, 1.54) is 18.6 Å². The molecule has 0 aliphatic carbocycles. The van der Waals surface area contributed by atoms with Gasteiger partial charge in [-0.05, 0) is 31.2 Å². The first-order chi connectivity index (χ1) is 19.5. The largest absolute Gasteiger partial charge is 0.495 e. The summed E-state index contributed by atoms with van der Waals surface area (Å²) < 4.78 is 6.85. The predicted octanol–water partition coefficient (Wildman–Crippen LogP) is 5.52. The highest BCUT2D eigenvalue weighted by Gasteiger charge is 2.24. The van der Waals surface area contributed by atoms with Crippen LogP contribution >= 0.6 is 11.6 Å². The highest BCUT2D eigenvalue weighted by atomic mass is 35.5. The average Bonchev–Trinajstić information content (AvgIpc) is 2.99. The van der Waals surface area contributed by atoms with Gasteiger partial charge in [-0.15, -0.1) is 0 Å². The molecule has 40 heavy (non-hydrogen) atoms. The highest BCUT2D eigenvalue weighted by Crippen LogP contribution is 2.36. The maximum absolute atomic E-state index is 14.4. The van der Waals surface area contributed by atoms with Crippen molar-refractivity contribution in [3.63, 3.8) is 0 Å². The van der Waals surface area contributed by atoms with E-state index in [2.05, 4.69) is 25.3 Å². The third kappa shape index (κ3) is 4.26. The van der Waals surface area contributed by atoms with Crippen molar-refractivity contribution in [1.82, 2.24) is 24.5 Å². The van der Waals surface area contributed by atoms with Crippen LogP contribution in [0.15, 0.2) is 95.0 Å². The van der Waals surface area contributed by atoms with E-state index in [1.54, 1.807) is 23.9 Å². The summed E-state index contributed by atoms with van der Waals surface area (Å²) in [4.78, 5) is 43.0. The maximum atomic E-state index is 14.4. The molecule has 0 unspecified atom stereocenters. The smallest absolute Gasteiger partial charge is 0.264 e. The number of aromatic amines is 1. The highest BCUT2D eigenvalue weighted by molar-refractivity contribution is 6.36. The fourth-order valence-electron chi connectivity index (χ4n) is 4.90. The minimum Gasteiger partial charge on any atom is -0.495 e. The van der Waals surface area contributed by atoms with Crippen molar-refractivity contribution in [2.75, 3.05) is 12.4 Å². The van der Waals surface area contributed by atoms with Crippen LogP contribution in [0.5, 0.6) is 5.75 Å². The van der Waals surface area contributed by atoms with Crippen LogP contribution in [0.25, 0.3) is 38.8 Å². The first-order valence-corrected chi connectivity index (χ1v) is 12.9. The maximum Gasteiger partial charge on any atom is 0.264 e. The molecule has 0 aliphatic heterocycles. The minimum atomic E-state index is -0.537. The molecule has 2 aromatic carbocycles. The van der Waals surface area contributed by atoms with Gasteiger partial charge in [0.25, 0.3) is 5.56 Å².